The van der Waals surface area contributed by atoms with E-state index in [2.05, 4.69) is 38.7 Å². The lowest BCUT2D eigenvalue weighted by atomic mass is 10.0. The van der Waals surface area contributed by atoms with E-state index < -0.39 is 0 Å². The molecule has 0 aliphatic rings. The lowest BCUT2D eigenvalue weighted by Crippen LogP contribution is -2.06. The third-order valence-corrected chi connectivity index (χ3v) is 2.50. The summed E-state index contributed by atoms with van der Waals surface area (Å²) >= 11 is 0. The molecule has 0 saturated carbocycles. The fourth-order valence-electron chi connectivity index (χ4n) is 1.53. The van der Waals surface area contributed by atoms with E-state index in [1.54, 1.807) is 0 Å². The topological polar surface area (TPSA) is 42.1 Å². The third kappa shape index (κ3) is 2.41. The van der Waals surface area contributed by atoms with Gasteiger partial charge in [-0.1, -0.05) is 27.7 Å². The van der Waals surface area contributed by atoms with E-state index in [9.17, 15) is 4.79 Å². The van der Waals surface area contributed by atoms with Crippen LogP contribution in [0.5, 0.6) is 0 Å². The number of aromatic amines is 1. The number of esters is 1. The van der Waals surface area contributed by atoms with Crippen LogP contribution >= 0.6 is 0 Å². The molecule has 1 aromatic heterocycles. The number of carbonyl (C=O) groups is 1. The number of aromatic nitrogens is 1. The standard InChI is InChI=1S/C12H19NO2/c1-7(2)9-6-10(8(3)4)13-11(9)12(14)15-5/h6-8,13H,1-5H3. The molecular weight excluding hydrogens is 190 g/mol. The van der Waals surface area contributed by atoms with E-state index in [-0.39, 0.29) is 5.97 Å². The first-order valence-electron chi connectivity index (χ1n) is 5.28. The fourth-order valence-corrected chi connectivity index (χ4v) is 1.53. The quantitative estimate of drug-likeness (QED) is 0.777. The highest BCUT2D eigenvalue weighted by Gasteiger charge is 2.18. The molecule has 1 N–H and O–H groups in total. The molecular formula is C12H19NO2. The molecule has 0 unspecified atom stereocenters. The summed E-state index contributed by atoms with van der Waals surface area (Å²) in [5.74, 6) is 0.425. The van der Waals surface area contributed by atoms with Gasteiger partial charge in [-0.2, -0.15) is 0 Å². The Morgan fingerprint density at radius 3 is 2.27 bits per heavy atom. The van der Waals surface area contributed by atoms with Crippen LogP contribution in [0.15, 0.2) is 6.07 Å². The van der Waals surface area contributed by atoms with Crippen LogP contribution in [0, 0.1) is 0 Å². The van der Waals surface area contributed by atoms with Gasteiger partial charge in [-0.15, -0.1) is 0 Å². The van der Waals surface area contributed by atoms with Crippen molar-refractivity contribution in [2.45, 2.75) is 39.5 Å². The summed E-state index contributed by atoms with van der Waals surface area (Å²) in [6, 6.07) is 2.06. The number of methoxy groups -OCH3 is 1. The predicted molar refractivity (Wildman–Crippen MR) is 60.3 cm³/mol. The molecule has 0 radical (unpaired) electrons. The second-order valence-corrected chi connectivity index (χ2v) is 4.36. The SMILES string of the molecule is COC(=O)c1[nH]c(C(C)C)cc1C(C)C. The summed E-state index contributed by atoms with van der Waals surface area (Å²) in [6.45, 7) is 8.33. The van der Waals surface area contributed by atoms with Gasteiger partial charge < -0.3 is 9.72 Å². The first-order chi connectivity index (χ1) is 6.97. The molecule has 0 amide bonds. The Hall–Kier alpha value is -1.25. The Kier molecular flexibility index (Phi) is 3.56. The Bertz CT molecular complexity index is 351. The normalized spacial score (nSPS) is 11.1. The van der Waals surface area contributed by atoms with Crippen LogP contribution in [0.2, 0.25) is 0 Å². The highest BCUT2D eigenvalue weighted by atomic mass is 16.5. The number of hydrogen-bond donors (Lipinski definition) is 1. The van der Waals surface area contributed by atoms with Crippen LogP contribution in [0.25, 0.3) is 0 Å². The molecule has 3 nitrogen and oxygen atoms in total. The number of H-pyrrole nitrogens is 1. The zero-order valence-corrected chi connectivity index (χ0v) is 10.0. The molecule has 84 valence electrons. The van der Waals surface area contributed by atoms with E-state index >= 15 is 0 Å². The molecule has 0 fully saturated rings. The van der Waals surface area contributed by atoms with Crippen molar-refractivity contribution in [2.75, 3.05) is 7.11 Å². The molecule has 0 atom stereocenters. The van der Waals surface area contributed by atoms with Gasteiger partial charge in [0.25, 0.3) is 0 Å². The highest BCUT2D eigenvalue weighted by Crippen LogP contribution is 2.25. The lowest BCUT2D eigenvalue weighted by molar-refractivity contribution is 0.0593. The van der Waals surface area contributed by atoms with Crippen molar-refractivity contribution in [3.05, 3.63) is 23.0 Å². The molecule has 0 saturated heterocycles. The van der Waals surface area contributed by atoms with Crippen LogP contribution in [0.1, 0.15) is 61.3 Å². The average Bonchev–Trinajstić information content (AvgIpc) is 2.61. The number of nitrogens with one attached hydrogen (secondary N) is 1. The first-order valence-corrected chi connectivity index (χ1v) is 5.28. The van der Waals surface area contributed by atoms with Crippen molar-refractivity contribution in [2.24, 2.45) is 0 Å². The smallest absolute Gasteiger partial charge is 0.354 e. The Labute approximate surface area is 90.8 Å². The largest absolute Gasteiger partial charge is 0.464 e. The molecule has 0 aliphatic carbocycles. The van der Waals surface area contributed by atoms with E-state index in [1.807, 2.05) is 0 Å². The maximum absolute atomic E-state index is 11.5. The third-order valence-electron chi connectivity index (χ3n) is 2.50. The Morgan fingerprint density at radius 2 is 1.87 bits per heavy atom. The van der Waals surface area contributed by atoms with Crippen LogP contribution in [-0.2, 0) is 4.74 Å². The fraction of sp³-hybridized carbons (Fsp3) is 0.583. The van der Waals surface area contributed by atoms with Crippen molar-refractivity contribution >= 4 is 5.97 Å². The minimum Gasteiger partial charge on any atom is -0.464 e. The first kappa shape index (κ1) is 11.8. The summed E-state index contributed by atoms with van der Waals surface area (Å²) in [5, 5.41) is 0. The zero-order valence-electron chi connectivity index (χ0n) is 10.0. The zero-order chi connectivity index (χ0) is 11.6. The molecule has 0 aliphatic heterocycles. The van der Waals surface area contributed by atoms with E-state index in [0.717, 1.165) is 11.3 Å². The van der Waals surface area contributed by atoms with Crippen LogP contribution in [0.4, 0.5) is 0 Å². The van der Waals surface area contributed by atoms with Crippen molar-refractivity contribution in [3.8, 4) is 0 Å². The van der Waals surface area contributed by atoms with E-state index in [4.69, 9.17) is 4.74 Å². The second kappa shape index (κ2) is 4.51. The summed E-state index contributed by atoms with van der Waals surface area (Å²) in [7, 11) is 1.41. The molecule has 0 aromatic carbocycles. The van der Waals surface area contributed by atoms with Gasteiger partial charge >= 0.3 is 5.97 Å². The van der Waals surface area contributed by atoms with Gasteiger partial charge in [0.15, 0.2) is 0 Å². The summed E-state index contributed by atoms with van der Waals surface area (Å²) in [4.78, 5) is 14.7. The van der Waals surface area contributed by atoms with Gasteiger partial charge in [0.2, 0.25) is 0 Å². The van der Waals surface area contributed by atoms with Gasteiger partial charge in [0.05, 0.1) is 7.11 Å². The van der Waals surface area contributed by atoms with E-state index in [1.165, 1.54) is 7.11 Å². The summed E-state index contributed by atoms with van der Waals surface area (Å²) < 4.78 is 4.75. The van der Waals surface area contributed by atoms with Gasteiger partial charge in [0, 0.05) is 5.69 Å². The van der Waals surface area contributed by atoms with Crippen molar-refractivity contribution in [3.63, 3.8) is 0 Å². The van der Waals surface area contributed by atoms with Gasteiger partial charge in [-0.25, -0.2) is 4.79 Å². The lowest BCUT2D eigenvalue weighted by Gasteiger charge is -2.04. The van der Waals surface area contributed by atoms with Crippen LogP contribution < -0.4 is 0 Å². The number of hydrogen-bond acceptors (Lipinski definition) is 2. The summed E-state index contributed by atoms with van der Waals surface area (Å²) in [6.07, 6.45) is 0. The van der Waals surface area contributed by atoms with Crippen molar-refractivity contribution in [1.29, 1.82) is 0 Å². The summed E-state index contributed by atoms with van der Waals surface area (Å²) in [5.41, 5.74) is 2.71. The Balaban J connectivity index is 3.17. The molecule has 0 bridgehead atoms. The maximum Gasteiger partial charge on any atom is 0.354 e. The van der Waals surface area contributed by atoms with Crippen LogP contribution in [0.3, 0.4) is 0 Å². The van der Waals surface area contributed by atoms with E-state index in [0.29, 0.717) is 17.5 Å². The minimum atomic E-state index is -0.286. The number of ether oxygens (including phenoxy) is 1. The predicted octanol–water partition coefficient (Wildman–Crippen LogP) is 3.05. The monoisotopic (exact) mass is 209 g/mol. The molecule has 1 aromatic rings. The number of rotatable bonds is 3. The van der Waals surface area contributed by atoms with Gasteiger partial charge in [-0.3, -0.25) is 0 Å². The maximum atomic E-state index is 11.5. The van der Waals surface area contributed by atoms with Crippen molar-refractivity contribution in [1.82, 2.24) is 4.98 Å². The van der Waals surface area contributed by atoms with Crippen LogP contribution in [-0.4, -0.2) is 18.1 Å². The molecule has 1 heterocycles. The Morgan fingerprint density at radius 1 is 1.27 bits per heavy atom. The minimum absolute atomic E-state index is 0.286. The number of carbonyl (C=O) groups excluding carboxylic acids is 1. The molecule has 0 spiro atoms. The molecule has 15 heavy (non-hydrogen) atoms. The molecule has 1 rings (SSSR count). The average molecular weight is 209 g/mol. The molecule has 3 heteroatoms. The van der Waals surface area contributed by atoms with Gasteiger partial charge in [-0.05, 0) is 23.5 Å². The van der Waals surface area contributed by atoms with Gasteiger partial charge in [0.1, 0.15) is 5.69 Å². The highest BCUT2D eigenvalue weighted by molar-refractivity contribution is 5.89. The van der Waals surface area contributed by atoms with Crippen molar-refractivity contribution < 1.29 is 9.53 Å². The second-order valence-electron chi connectivity index (χ2n) is 4.36.